The van der Waals surface area contributed by atoms with Gasteiger partial charge in [0, 0.05) is 21.1 Å². The average Bonchev–Trinajstić information content (AvgIpc) is 3.17. The molecule has 244 valence electrons. The molecule has 49 heavy (non-hydrogen) atoms. The second-order valence-electron chi connectivity index (χ2n) is 12.1. The number of allylic oxidation sites excluding steroid dienone is 3. The first-order chi connectivity index (χ1) is 24.1. The Labute approximate surface area is 294 Å². The van der Waals surface area contributed by atoms with Gasteiger partial charge in [-0.05, 0) is 119 Å². The molecule has 0 radical (unpaired) electrons. The molecule has 1 nitrogen and oxygen atoms in total. The minimum Gasteiger partial charge on any atom is -0.264 e. The Kier molecular flexibility index (Phi) is 10.9. The lowest BCUT2D eigenvalue weighted by Crippen LogP contribution is -2.06. The molecule has 0 saturated carbocycles. The molecule has 0 atom stereocenters. The Morgan fingerprint density at radius 3 is 1.78 bits per heavy atom. The van der Waals surface area contributed by atoms with Crippen LogP contribution in [-0.2, 0) is 12.8 Å². The number of para-hydroxylation sites is 1. The summed E-state index contributed by atoms with van der Waals surface area (Å²) < 4.78 is 0. The highest BCUT2D eigenvalue weighted by atomic mass is 32.3. The van der Waals surface area contributed by atoms with Crippen molar-refractivity contribution in [1.82, 2.24) is 0 Å². The average molecular weight is 656 g/mol. The molecule has 0 unspecified atom stereocenters. The van der Waals surface area contributed by atoms with Gasteiger partial charge in [-0.25, -0.2) is 0 Å². The molecule has 6 aromatic rings. The number of rotatable bonds is 12. The smallest absolute Gasteiger partial charge is 0.0657 e. The maximum atomic E-state index is 4.32. The van der Waals surface area contributed by atoms with E-state index in [1.165, 1.54) is 58.5 Å². The molecule has 0 heterocycles. The number of hydrogen-bond donors (Lipinski definition) is 0. The molecule has 6 aromatic carbocycles. The van der Waals surface area contributed by atoms with Crippen molar-refractivity contribution in [3.8, 4) is 22.3 Å². The molecule has 0 aromatic heterocycles. The third-order valence-electron chi connectivity index (χ3n) is 9.17. The lowest BCUT2D eigenvalue weighted by Gasteiger charge is -2.43. The van der Waals surface area contributed by atoms with Crippen molar-refractivity contribution in [2.24, 2.45) is 4.99 Å². The number of hydrogen-bond acceptors (Lipinski definition) is 1. The first-order valence-corrected chi connectivity index (χ1v) is 18.9. The maximum Gasteiger partial charge on any atom is 0.0657 e. The Bertz CT molecular complexity index is 2030. The topological polar surface area (TPSA) is 12.4 Å². The maximum absolute atomic E-state index is 4.32. The fourth-order valence-corrected chi connectivity index (χ4v) is 10.9. The van der Waals surface area contributed by atoms with Gasteiger partial charge >= 0.3 is 0 Å². The van der Waals surface area contributed by atoms with E-state index in [0.29, 0.717) is 0 Å². The van der Waals surface area contributed by atoms with E-state index < -0.39 is 10.0 Å². The first-order valence-electron chi connectivity index (χ1n) is 17.3. The van der Waals surface area contributed by atoms with Crippen molar-refractivity contribution in [3.63, 3.8) is 0 Å². The third-order valence-corrected chi connectivity index (χ3v) is 13.1. The molecule has 0 aliphatic carbocycles. The SMILES string of the molecule is C=Nc1ccccc1Cc1ccc(-c2ccc(S(C(/C=C\C)=C/CC)(c3ccccc3)c3ccccc3)cc2)cc1-c1ccccc1CC. The summed E-state index contributed by atoms with van der Waals surface area (Å²) in [6, 6.07) is 55.7. The van der Waals surface area contributed by atoms with Crippen molar-refractivity contribution in [3.05, 3.63) is 191 Å². The molecule has 0 saturated heterocycles. The predicted molar refractivity (Wildman–Crippen MR) is 214 cm³/mol. The van der Waals surface area contributed by atoms with Crippen molar-refractivity contribution in [1.29, 1.82) is 0 Å². The van der Waals surface area contributed by atoms with Gasteiger partial charge in [-0.2, -0.15) is 0 Å². The molecule has 0 aliphatic rings. The number of benzene rings is 6. The molecule has 0 bridgehead atoms. The van der Waals surface area contributed by atoms with Crippen LogP contribution in [0.2, 0.25) is 0 Å². The highest BCUT2D eigenvalue weighted by Gasteiger charge is 2.33. The Hall–Kier alpha value is -5.18. The van der Waals surface area contributed by atoms with Crippen LogP contribution in [0.4, 0.5) is 5.69 Å². The summed E-state index contributed by atoms with van der Waals surface area (Å²) in [7, 11) is -1.74. The van der Waals surface area contributed by atoms with Gasteiger partial charge in [-0.1, -0.05) is 135 Å². The summed E-state index contributed by atoms with van der Waals surface area (Å²) in [5, 5.41) is 0. The summed E-state index contributed by atoms with van der Waals surface area (Å²) in [6.07, 6.45) is 9.66. The summed E-state index contributed by atoms with van der Waals surface area (Å²) in [5.74, 6) is 0. The monoisotopic (exact) mass is 655 g/mol. The first kappa shape index (κ1) is 33.7. The highest BCUT2D eigenvalue weighted by Crippen LogP contribution is 2.73. The van der Waals surface area contributed by atoms with Crippen LogP contribution in [0.5, 0.6) is 0 Å². The zero-order chi connectivity index (χ0) is 34.1. The van der Waals surface area contributed by atoms with Crippen molar-refractivity contribution >= 4 is 22.4 Å². The molecular formula is C47H45NS. The van der Waals surface area contributed by atoms with Gasteiger partial charge in [0.2, 0.25) is 0 Å². The van der Waals surface area contributed by atoms with E-state index in [4.69, 9.17) is 0 Å². The molecule has 0 amide bonds. The minimum absolute atomic E-state index is 0.791. The van der Waals surface area contributed by atoms with Gasteiger partial charge in [0.25, 0.3) is 0 Å². The summed E-state index contributed by atoms with van der Waals surface area (Å²) in [4.78, 5) is 9.68. The van der Waals surface area contributed by atoms with E-state index in [2.05, 4.69) is 190 Å². The Morgan fingerprint density at radius 1 is 0.592 bits per heavy atom. The Morgan fingerprint density at radius 2 is 1.16 bits per heavy atom. The standard InChI is InChI=1S/C47H45NS/c1-5-18-41(19-6-2)49(42-22-10-8-11-23-42,43-24-12-9-13-25-43)44-32-30-37(31-33-44)38-28-29-39(34-40-21-15-17-27-47(40)48-4)46(35-38)45-26-16-14-20-36(45)7-3/h5,8-33,35H,4,6-7,34H2,1-3H3/b18-5-,41-19+. The number of aryl methyl sites for hydroxylation is 1. The van der Waals surface area contributed by atoms with Crippen LogP contribution in [-0.4, -0.2) is 6.72 Å². The van der Waals surface area contributed by atoms with E-state index in [1.807, 2.05) is 12.1 Å². The van der Waals surface area contributed by atoms with Crippen molar-refractivity contribution in [2.45, 2.75) is 54.7 Å². The molecule has 0 N–H and O–H groups in total. The zero-order valence-corrected chi connectivity index (χ0v) is 29.7. The third kappa shape index (κ3) is 6.88. The Balaban J connectivity index is 1.51. The van der Waals surface area contributed by atoms with Gasteiger partial charge in [-0.3, -0.25) is 4.99 Å². The van der Waals surface area contributed by atoms with E-state index >= 15 is 0 Å². The summed E-state index contributed by atoms with van der Waals surface area (Å²) >= 11 is 0. The summed E-state index contributed by atoms with van der Waals surface area (Å²) in [5.41, 5.74) is 9.74. The van der Waals surface area contributed by atoms with Crippen LogP contribution in [0.3, 0.4) is 0 Å². The number of aliphatic imine (C=N–C) groups is 1. The van der Waals surface area contributed by atoms with Gasteiger partial charge in [0.05, 0.1) is 5.69 Å². The van der Waals surface area contributed by atoms with E-state index in [-0.39, 0.29) is 0 Å². The van der Waals surface area contributed by atoms with Crippen molar-refractivity contribution in [2.75, 3.05) is 0 Å². The lowest BCUT2D eigenvalue weighted by atomic mass is 9.88. The van der Waals surface area contributed by atoms with Gasteiger partial charge in [0.1, 0.15) is 0 Å². The van der Waals surface area contributed by atoms with E-state index in [0.717, 1.165) is 24.9 Å². The molecule has 0 aliphatic heterocycles. The van der Waals surface area contributed by atoms with Gasteiger partial charge < -0.3 is 0 Å². The van der Waals surface area contributed by atoms with Crippen LogP contribution in [0.15, 0.2) is 194 Å². The minimum atomic E-state index is -1.74. The highest BCUT2D eigenvalue weighted by molar-refractivity contribution is 8.37. The molecule has 2 heteroatoms. The molecule has 0 fully saturated rings. The van der Waals surface area contributed by atoms with Gasteiger partial charge in [0.15, 0.2) is 0 Å². The second kappa shape index (κ2) is 15.8. The normalized spacial score (nSPS) is 12.3. The zero-order valence-electron chi connectivity index (χ0n) is 28.8. The molecular weight excluding hydrogens is 611 g/mol. The van der Waals surface area contributed by atoms with Crippen LogP contribution in [0.25, 0.3) is 22.3 Å². The summed E-state index contributed by atoms with van der Waals surface area (Å²) in [6.45, 7) is 10.4. The predicted octanol–water partition coefficient (Wildman–Crippen LogP) is 13.7. The van der Waals surface area contributed by atoms with E-state index in [1.54, 1.807) is 0 Å². The van der Waals surface area contributed by atoms with Crippen molar-refractivity contribution < 1.29 is 0 Å². The van der Waals surface area contributed by atoms with Crippen LogP contribution < -0.4 is 0 Å². The molecule has 6 rings (SSSR count). The fourth-order valence-electron chi connectivity index (χ4n) is 6.85. The fraction of sp³-hybridized carbons (Fsp3) is 0.128. The van der Waals surface area contributed by atoms with Gasteiger partial charge in [-0.15, -0.1) is 10.0 Å². The van der Waals surface area contributed by atoms with Crippen LogP contribution in [0, 0.1) is 0 Å². The largest absolute Gasteiger partial charge is 0.264 e. The number of nitrogens with zero attached hydrogens (tertiary/aromatic N) is 1. The van der Waals surface area contributed by atoms with Crippen LogP contribution >= 0.6 is 10.0 Å². The quantitative estimate of drug-likeness (QED) is 0.0919. The molecule has 0 spiro atoms. The second-order valence-corrected chi connectivity index (χ2v) is 15.2. The van der Waals surface area contributed by atoms with Crippen LogP contribution in [0.1, 0.15) is 43.9 Å². The lowest BCUT2D eigenvalue weighted by molar-refractivity contribution is 1.13. The van der Waals surface area contributed by atoms with E-state index in [9.17, 15) is 0 Å².